The first kappa shape index (κ1) is 24.2. The quantitative estimate of drug-likeness (QED) is 0.258. The van der Waals surface area contributed by atoms with Gasteiger partial charge in [0.2, 0.25) is 0 Å². The lowest BCUT2D eigenvalue weighted by molar-refractivity contribution is 0.331. The third-order valence-corrected chi connectivity index (χ3v) is 5.57. The van der Waals surface area contributed by atoms with Crippen molar-refractivity contribution in [3.05, 3.63) is 83.4 Å². The highest BCUT2D eigenvalue weighted by Crippen LogP contribution is 2.13. The predicted octanol–water partition coefficient (Wildman–Crippen LogP) is 3.41. The molecule has 0 amide bonds. The fourth-order valence-corrected chi connectivity index (χ4v) is 3.89. The average molecular weight is 545 g/mol. The van der Waals surface area contributed by atoms with Crippen LogP contribution >= 0.6 is 24.0 Å². The number of halogens is 1. The van der Waals surface area contributed by atoms with E-state index >= 15 is 0 Å². The molecule has 1 fully saturated rings. The van der Waals surface area contributed by atoms with Gasteiger partial charge in [-0.15, -0.1) is 24.0 Å². The minimum Gasteiger partial charge on any atom is -0.352 e. The molecule has 1 aliphatic rings. The number of hydrogen-bond acceptors (Lipinski definition) is 4. The zero-order valence-corrected chi connectivity index (χ0v) is 20.9. The van der Waals surface area contributed by atoms with Crippen molar-refractivity contribution < 1.29 is 0 Å². The maximum Gasteiger partial charge on any atom is 0.191 e. The molecule has 1 aromatic heterocycles. The number of guanidine groups is 1. The summed E-state index contributed by atoms with van der Waals surface area (Å²) in [4.78, 5) is 10.9. The van der Waals surface area contributed by atoms with E-state index in [-0.39, 0.29) is 24.0 Å². The molecule has 32 heavy (non-hydrogen) atoms. The van der Waals surface area contributed by atoms with Gasteiger partial charge in [0.05, 0.1) is 6.54 Å². The molecule has 0 atom stereocenters. The van der Waals surface area contributed by atoms with Crippen LogP contribution in [-0.4, -0.2) is 45.8 Å². The van der Waals surface area contributed by atoms with Crippen molar-refractivity contribution in [3.8, 4) is 0 Å². The van der Waals surface area contributed by atoms with E-state index in [4.69, 9.17) is 0 Å². The zero-order chi connectivity index (χ0) is 21.3. The van der Waals surface area contributed by atoms with E-state index in [0.29, 0.717) is 13.1 Å². The Hall–Kier alpha value is -2.46. The molecule has 0 radical (unpaired) electrons. The van der Waals surface area contributed by atoms with Gasteiger partial charge in [-0.05, 0) is 48.2 Å². The van der Waals surface area contributed by atoms with Crippen LogP contribution in [0.2, 0.25) is 0 Å². The van der Waals surface area contributed by atoms with Gasteiger partial charge in [-0.1, -0.05) is 48.5 Å². The summed E-state index contributed by atoms with van der Waals surface area (Å²) in [5.41, 5.74) is 5.04. The summed E-state index contributed by atoms with van der Waals surface area (Å²) in [7, 11) is 1.80. The van der Waals surface area contributed by atoms with Gasteiger partial charge in [-0.25, -0.2) is 9.67 Å². The number of aliphatic imine (C=N–C) groups is 1. The molecule has 0 aliphatic carbocycles. The van der Waals surface area contributed by atoms with Crippen LogP contribution in [0.1, 0.15) is 35.1 Å². The number of benzene rings is 2. The molecule has 4 rings (SSSR count). The van der Waals surface area contributed by atoms with Crippen LogP contribution in [0.3, 0.4) is 0 Å². The molecule has 1 saturated heterocycles. The Morgan fingerprint density at radius 3 is 2.28 bits per heavy atom. The first-order chi connectivity index (χ1) is 15.3. The first-order valence-electron chi connectivity index (χ1n) is 10.9. The molecule has 2 heterocycles. The van der Waals surface area contributed by atoms with Gasteiger partial charge in [-0.2, -0.15) is 5.10 Å². The number of nitrogens with one attached hydrogen (secondary N) is 2. The number of likely N-dealkylation sites (tertiary alicyclic amines) is 1. The zero-order valence-electron chi connectivity index (χ0n) is 18.6. The van der Waals surface area contributed by atoms with Gasteiger partial charge in [0.15, 0.2) is 5.96 Å². The van der Waals surface area contributed by atoms with Crippen LogP contribution in [-0.2, 0) is 26.2 Å². The Kier molecular flexibility index (Phi) is 9.48. The lowest BCUT2D eigenvalue weighted by Gasteiger charge is -2.15. The molecule has 0 bridgehead atoms. The third kappa shape index (κ3) is 7.30. The molecule has 170 valence electrons. The summed E-state index contributed by atoms with van der Waals surface area (Å²) < 4.78 is 1.82. The normalized spacial score (nSPS) is 14.2. The van der Waals surface area contributed by atoms with E-state index in [2.05, 4.69) is 79.1 Å². The molecule has 0 spiro atoms. The molecule has 7 nitrogen and oxygen atoms in total. The highest BCUT2D eigenvalue weighted by atomic mass is 127. The van der Waals surface area contributed by atoms with Crippen molar-refractivity contribution in [1.29, 1.82) is 0 Å². The minimum atomic E-state index is 0. The van der Waals surface area contributed by atoms with Gasteiger partial charge in [0.1, 0.15) is 12.7 Å². The van der Waals surface area contributed by atoms with E-state index in [0.717, 1.165) is 19.0 Å². The van der Waals surface area contributed by atoms with E-state index in [9.17, 15) is 0 Å². The van der Waals surface area contributed by atoms with Gasteiger partial charge < -0.3 is 10.6 Å². The van der Waals surface area contributed by atoms with Crippen molar-refractivity contribution in [2.24, 2.45) is 4.99 Å². The Bertz CT molecular complexity index is 964. The molecule has 8 heteroatoms. The Morgan fingerprint density at radius 1 is 0.906 bits per heavy atom. The van der Waals surface area contributed by atoms with Gasteiger partial charge >= 0.3 is 0 Å². The summed E-state index contributed by atoms with van der Waals surface area (Å²) in [5, 5.41) is 11.0. The summed E-state index contributed by atoms with van der Waals surface area (Å²) in [6.07, 6.45) is 5.96. The summed E-state index contributed by atoms with van der Waals surface area (Å²) >= 11 is 0. The second kappa shape index (κ2) is 12.5. The van der Waals surface area contributed by atoms with Gasteiger partial charge in [0, 0.05) is 26.7 Å². The number of aromatic nitrogens is 3. The summed E-state index contributed by atoms with van der Waals surface area (Å²) in [5.74, 6) is 0.794. The number of rotatable bonds is 8. The molecule has 0 unspecified atom stereocenters. The summed E-state index contributed by atoms with van der Waals surface area (Å²) in [6.45, 7) is 5.69. The molecule has 0 saturated carbocycles. The van der Waals surface area contributed by atoms with Crippen LogP contribution in [0, 0.1) is 0 Å². The van der Waals surface area contributed by atoms with E-state index < -0.39 is 0 Å². The van der Waals surface area contributed by atoms with E-state index in [1.165, 1.54) is 48.2 Å². The third-order valence-electron chi connectivity index (χ3n) is 5.57. The highest BCUT2D eigenvalue weighted by Gasteiger charge is 2.11. The fourth-order valence-electron chi connectivity index (χ4n) is 3.89. The molecule has 2 aromatic carbocycles. The van der Waals surface area contributed by atoms with Gasteiger partial charge in [-0.3, -0.25) is 9.89 Å². The van der Waals surface area contributed by atoms with E-state index in [1.807, 2.05) is 4.68 Å². The Morgan fingerprint density at radius 2 is 1.59 bits per heavy atom. The van der Waals surface area contributed by atoms with Crippen LogP contribution in [0.15, 0.2) is 66.2 Å². The lowest BCUT2D eigenvalue weighted by Crippen LogP contribution is -2.36. The van der Waals surface area contributed by atoms with E-state index in [1.54, 1.807) is 19.7 Å². The fraction of sp³-hybridized carbons (Fsp3) is 0.375. The molecule has 3 aromatic rings. The smallest absolute Gasteiger partial charge is 0.191 e. The average Bonchev–Trinajstić information content (AvgIpc) is 3.50. The standard InChI is InChI=1S/C24H31N7.HI/c1-25-24(27-14-20-7-9-21(10-8-20)16-30-11-2-3-12-30)28-15-22-5-4-6-23(13-22)17-31-19-26-18-29-31;/h4-10,13,18-19H,2-3,11-12,14-17H2,1H3,(H2,25,27,28);1H. The lowest BCUT2D eigenvalue weighted by atomic mass is 10.1. The largest absolute Gasteiger partial charge is 0.352 e. The molecular weight excluding hydrogens is 513 g/mol. The monoisotopic (exact) mass is 545 g/mol. The van der Waals surface area contributed by atoms with Crippen LogP contribution in [0.25, 0.3) is 0 Å². The second-order valence-corrected chi connectivity index (χ2v) is 7.99. The van der Waals surface area contributed by atoms with Crippen molar-refractivity contribution in [2.75, 3.05) is 20.1 Å². The minimum absolute atomic E-state index is 0. The Balaban J connectivity index is 0.00000289. The SMILES string of the molecule is CN=C(NCc1ccc(CN2CCCC2)cc1)NCc1cccc(Cn2cncn2)c1.I. The van der Waals surface area contributed by atoms with Crippen molar-refractivity contribution >= 4 is 29.9 Å². The van der Waals surface area contributed by atoms with Crippen LogP contribution in [0.5, 0.6) is 0 Å². The summed E-state index contributed by atoms with van der Waals surface area (Å²) in [6, 6.07) is 17.4. The highest BCUT2D eigenvalue weighted by molar-refractivity contribution is 14.0. The van der Waals surface area contributed by atoms with Crippen molar-refractivity contribution in [2.45, 2.75) is 39.0 Å². The Labute approximate surface area is 207 Å². The van der Waals surface area contributed by atoms with Gasteiger partial charge in [0.25, 0.3) is 0 Å². The van der Waals surface area contributed by atoms with Crippen LogP contribution in [0.4, 0.5) is 0 Å². The molecule has 1 aliphatic heterocycles. The van der Waals surface area contributed by atoms with Crippen molar-refractivity contribution in [3.63, 3.8) is 0 Å². The maximum absolute atomic E-state index is 4.35. The molecular formula is C24H32IN7. The molecule has 2 N–H and O–H groups in total. The topological polar surface area (TPSA) is 70.4 Å². The first-order valence-corrected chi connectivity index (χ1v) is 10.9. The number of hydrogen-bond donors (Lipinski definition) is 2. The number of nitrogens with zero attached hydrogens (tertiary/aromatic N) is 5. The van der Waals surface area contributed by atoms with Crippen molar-refractivity contribution in [1.82, 2.24) is 30.3 Å². The predicted molar refractivity (Wildman–Crippen MR) is 139 cm³/mol. The second-order valence-electron chi connectivity index (χ2n) is 7.99. The van der Waals surface area contributed by atoms with Crippen LogP contribution < -0.4 is 10.6 Å². The maximum atomic E-state index is 4.35.